The molecule has 0 aliphatic heterocycles. The van der Waals surface area contributed by atoms with Crippen LogP contribution in [0.3, 0.4) is 0 Å². The average Bonchev–Trinajstić information content (AvgIpc) is 2.54. The minimum Gasteiger partial charge on any atom is -0.549 e. The fraction of sp³-hybridized carbons (Fsp3) is 0.714. The van der Waals surface area contributed by atoms with E-state index in [0.29, 0.717) is 19.3 Å². The molecule has 0 aromatic rings. The Morgan fingerprint density at radius 2 is 0.719 bits per heavy atom. The van der Waals surface area contributed by atoms with Gasteiger partial charge in [0.25, 0.3) is 0 Å². The smallest absolute Gasteiger partial charge is 0.549 e. The molecular formula is C21H35CrO10. The molecule has 0 bridgehead atoms. The van der Waals surface area contributed by atoms with Crippen LogP contribution in [0.1, 0.15) is 74.7 Å². The van der Waals surface area contributed by atoms with Gasteiger partial charge in [0.1, 0.15) is 17.3 Å². The summed E-state index contributed by atoms with van der Waals surface area (Å²) < 4.78 is 0. The van der Waals surface area contributed by atoms with Crippen LogP contribution < -0.4 is 15.3 Å². The van der Waals surface area contributed by atoms with E-state index in [2.05, 4.69) is 0 Å². The zero-order valence-electron chi connectivity index (χ0n) is 20.0. The fourth-order valence-electron chi connectivity index (χ4n) is 1.86. The summed E-state index contributed by atoms with van der Waals surface area (Å²) in [7, 11) is 0. The molecular weight excluding hydrogens is 464 g/mol. The van der Waals surface area contributed by atoms with E-state index < -0.39 is 35.7 Å². The van der Waals surface area contributed by atoms with Gasteiger partial charge in [0.05, 0.1) is 35.7 Å². The molecule has 0 spiro atoms. The van der Waals surface area contributed by atoms with E-state index in [0.717, 1.165) is 0 Å². The first-order valence-corrected chi connectivity index (χ1v) is 9.83. The topological polar surface area (TPSA) is 192 Å². The van der Waals surface area contributed by atoms with Crippen molar-refractivity contribution in [2.45, 2.75) is 80.8 Å². The summed E-state index contributed by atoms with van der Waals surface area (Å²) in [4.78, 5) is 61.3. The van der Waals surface area contributed by atoms with Crippen LogP contribution in [0.4, 0.5) is 0 Å². The molecule has 11 heteroatoms. The summed E-state index contributed by atoms with van der Waals surface area (Å²) in [6, 6.07) is 0. The minimum absolute atomic E-state index is 0. The molecule has 0 amide bonds. The van der Waals surface area contributed by atoms with Crippen molar-refractivity contribution in [2.75, 3.05) is 0 Å². The Labute approximate surface area is 200 Å². The number of carbonyl (C=O) groups is 6. The number of hydrogen-bond donors (Lipinski definition) is 1. The van der Waals surface area contributed by atoms with Crippen LogP contribution in [0.5, 0.6) is 0 Å². The standard InChI is InChI=1S/3C6H10O3.C3H8O.Cr/c3*1-3-5(4(2)7)6(8)9;1-3(2)4;/h3*5H,3H2,1-2H3,(H,8,9);3-4H,1-2H3;/q;;;;+3/p-3. The van der Waals surface area contributed by atoms with Crippen molar-refractivity contribution in [3.05, 3.63) is 0 Å². The van der Waals surface area contributed by atoms with E-state index in [4.69, 9.17) is 5.11 Å². The maximum atomic E-state index is 10.4. The quantitative estimate of drug-likeness (QED) is 0.363. The molecule has 0 aromatic carbocycles. The minimum atomic E-state index is -1.27. The van der Waals surface area contributed by atoms with Gasteiger partial charge in [-0.05, 0) is 53.9 Å². The van der Waals surface area contributed by atoms with E-state index in [1.165, 1.54) is 20.8 Å². The molecule has 1 N–H and O–H groups in total. The van der Waals surface area contributed by atoms with E-state index in [1.807, 2.05) is 0 Å². The monoisotopic (exact) mass is 499 g/mol. The van der Waals surface area contributed by atoms with Crippen molar-refractivity contribution < 1.29 is 66.6 Å². The second-order valence-corrected chi connectivity index (χ2v) is 6.77. The van der Waals surface area contributed by atoms with Crippen LogP contribution in [-0.4, -0.2) is 46.5 Å². The predicted molar refractivity (Wildman–Crippen MR) is 106 cm³/mol. The maximum absolute atomic E-state index is 10.4. The molecule has 0 heterocycles. The molecule has 3 atom stereocenters. The number of aliphatic hydroxyl groups excluding tert-OH is 1. The van der Waals surface area contributed by atoms with Crippen LogP contribution in [0, 0.1) is 17.8 Å². The molecule has 0 fully saturated rings. The van der Waals surface area contributed by atoms with Crippen molar-refractivity contribution in [1.82, 2.24) is 0 Å². The average molecular weight is 499 g/mol. The maximum Gasteiger partial charge on any atom is 3.00 e. The second-order valence-electron chi connectivity index (χ2n) is 6.77. The van der Waals surface area contributed by atoms with E-state index >= 15 is 0 Å². The number of Topliss-reactive ketones (excluding diaryl/α,β-unsaturated/α-hetero) is 3. The molecule has 0 aliphatic rings. The summed E-state index contributed by atoms with van der Waals surface area (Å²) in [6.07, 6.45) is 0.785. The van der Waals surface area contributed by atoms with Gasteiger partial charge in [-0.1, -0.05) is 20.8 Å². The van der Waals surface area contributed by atoms with Crippen LogP contribution >= 0.6 is 0 Å². The molecule has 3 unspecified atom stereocenters. The number of ketones is 3. The van der Waals surface area contributed by atoms with Gasteiger partial charge < -0.3 is 34.8 Å². The van der Waals surface area contributed by atoms with Crippen LogP contribution in [0.2, 0.25) is 0 Å². The van der Waals surface area contributed by atoms with Crippen molar-refractivity contribution in [3.63, 3.8) is 0 Å². The third-order valence-corrected chi connectivity index (χ3v) is 3.55. The molecule has 0 aliphatic carbocycles. The Balaban J connectivity index is -0.000000104. The van der Waals surface area contributed by atoms with Crippen molar-refractivity contribution >= 4 is 35.3 Å². The summed E-state index contributed by atoms with van der Waals surface area (Å²) in [5, 5.41) is 38.2. The third kappa shape index (κ3) is 25.9. The van der Waals surface area contributed by atoms with Crippen molar-refractivity contribution in [3.8, 4) is 0 Å². The van der Waals surface area contributed by atoms with Gasteiger partial charge in [0, 0.05) is 6.10 Å². The number of carboxylic acid groups (broad SMARTS) is 3. The summed E-state index contributed by atoms with van der Waals surface area (Å²) in [6.45, 7) is 12.1. The normalized spacial score (nSPS) is 11.8. The number of carboxylic acids is 3. The first-order chi connectivity index (χ1) is 14.0. The summed E-state index contributed by atoms with van der Waals surface area (Å²) in [5.41, 5.74) is 0. The zero-order chi connectivity index (χ0) is 25.9. The van der Waals surface area contributed by atoms with Gasteiger partial charge in [-0.15, -0.1) is 0 Å². The number of rotatable bonds is 9. The molecule has 0 saturated carbocycles. The van der Waals surface area contributed by atoms with Gasteiger partial charge in [-0.2, -0.15) is 0 Å². The first-order valence-electron chi connectivity index (χ1n) is 9.83. The number of aliphatic hydroxyl groups is 1. The van der Waals surface area contributed by atoms with Gasteiger partial charge >= 0.3 is 17.4 Å². The molecule has 10 nitrogen and oxygen atoms in total. The van der Waals surface area contributed by atoms with Crippen LogP contribution in [0.15, 0.2) is 0 Å². The number of carbonyl (C=O) groups excluding carboxylic acids is 6. The molecule has 0 aromatic heterocycles. The molecule has 1 radical (unpaired) electrons. The SMILES string of the molecule is CC(C)O.CCC(C(C)=O)C(=O)[O-].CCC(C(C)=O)C(=O)[O-].CCC(C(C)=O)C(=O)[O-].[Cr+3]. The zero-order valence-corrected chi connectivity index (χ0v) is 21.2. The summed E-state index contributed by atoms with van der Waals surface area (Å²) >= 11 is 0. The Morgan fingerprint density at radius 3 is 0.719 bits per heavy atom. The largest absolute Gasteiger partial charge is 3.00 e. The molecule has 0 saturated heterocycles. The fourth-order valence-corrected chi connectivity index (χ4v) is 1.86. The van der Waals surface area contributed by atoms with E-state index in [-0.39, 0.29) is 40.8 Å². The molecule has 0 rings (SSSR count). The molecule has 185 valence electrons. The van der Waals surface area contributed by atoms with Gasteiger partial charge in [-0.3, -0.25) is 14.4 Å². The van der Waals surface area contributed by atoms with Crippen LogP contribution in [0.25, 0.3) is 0 Å². The van der Waals surface area contributed by atoms with E-state index in [9.17, 15) is 44.1 Å². The molecule has 32 heavy (non-hydrogen) atoms. The first kappa shape index (κ1) is 40.3. The number of aliphatic carboxylic acids is 3. The van der Waals surface area contributed by atoms with Crippen molar-refractivity contribution in [2.24, 2.45) is 17.8 Å². The van der Waals surface area contributed by atoms with Crippen molar-refractivity contribution in [1.29, 1.82) is 0 Å². The number of hydrogen-bond acceptors (Lipinski definition) is 10. The third-order valence-electron chi connectivity index (χ3n) is 3.55. The van der Waals surface area contributed by atoms with Gasteiger partial charge in [0.2, 0.25) is 0 Å². The van der Waals surface area contributed by atoms with Crippen LogP contribution in [-0.2, 0) is 46.1 Å². The van der Waals surface area contributed by atoms with Gasteiger partial charge in [0.15, 0.2) is 0 Å². The Hall–Kier alpha value is -2.09. The summed E-state index contributed by atoms with van der Waals surface area (Å²) in [5.74, 6) is -7.56. The predicted octanol–water partition coefficient (Wildman–Crippen LogP) is -1.56. The Morgan fingerprint density at radius 1 is 0.594 bits per heavy atom. The second kappa shape index (κ2) is 23.6. The Kier molecular flexibility index (Phi) is 29.7. The van der Waals surface area contributed by atoms with E-state index in [1.54, 1.807) is 34.6 Å². The Bertz CT molecular complexity index is 466. The van der Waals surface area contributed by atoms with Gasteiger partial charge in [-0.25, -0.2) is 0 Å².